The van der Waals surface area contributed by atoms with E-state index in [1.54, 1.807) is 0 Å². The van der Waals surface area contributed by atoms with Gasteiger partial charge in [-0.25, -0.2) is 0 Å². The summed E-state index contributed by atoms with van der Waals surface area (Å²) in [6.45, 7) is 1.52. The number of amides is 1. The van der Waals surface area contributed by atoms with Gasteiger partial charge in [0.2, 0.25) is 5.91 Å². The first-order valence-corrected chi connectivity index (χ1v) is 7.05. The Kier molecular flexibility index (Phi) is 3.12. The van der Waals surface area contributed by atoms with Gasteiger partial charge in [0.25, 0.3) is 0 Å². The third-order valence-electron chi connectivity index (χ3n) is 3.34. The third kappa shape index (κ3) is 2.43. The number of carbonyl (C=O) groups excluding carboxylic acids is 1. The van der Waals surface area contributed by atoms with Gasteiger partial charge in [0.15, 0.2) is 0 Å². The first-order chi connectivity index (χ1) is 8.74. The molecular weight excluding hydrogens is 292 g/mol. The second kappa shape index (κ2) is 4.76. The smallest absolute Gasteiger partial charge is 0.223 e. The lowest BCUT2D eigenvalue weighted by molar-refractivity contribution is -0.122. The number of rotatable bonds is 4. The van der Waals surface area contributed by atoms with Gasteiger partial charge in [-0.3, -0.25) is 4.79 Å². The van der Waals surface area contributed by atoms with E-state index in [0.29, 0.717) is 12.5 Å². The predicted octanol–water partition coefficient (Wildman–Crippen LogP) is 2.93. The molecule has 1 heterocycles. The lowest BCUT2D eigenvalue weighted by atomic mass is 10.2. The number of nitrogens with one attached hydrogen (secondary N) is 1. The van der Waals surface area contributed by atoms with Crippen LogP contribution in [0.2, 0.25) is 0 Å². The second-order valence-corrected chi connectivity index (χ2v) is 5.69. The summed E-state index contributed by atoms with van der Waals surface area (Å²) >= 11 is 3.49. The van der Waals surface area contributed by atoms with Crippen LogP contribution in [0, 0.1) is 5.92 Å². The van der Waals surface area contributed by atoms with Crippen molar-refractivity contribution in [1.29, 1.82) is 0 Å². The molecule has 1 aliphatic carbocycles. The van der Waals surface area contributed by atoms with E-state index in [-0.39, 0.29) is 5.91 Å². The van der Waals surface area contributed by atoms with Crippen molar-refractivity contribution in [3.05, 3.63) is 34.9 Å². The lowest BCUT2D eigenvalue weighted by Crippen LogP contribution is -2.28. The fourth-order valence-electron chi connectivity index (χ4n) is 2.14. The SMILES string of the molecule is O=C(NCCn1ccc2ccc(Br)cc21)C1CC1. The molecule has 0 spiro atoms. The number of hydrogen-bond donors (Lipinski definition) is 1. The summed E-state index contributed by atoms with van der Waals surface area (Å²) in [5.74, 6) is 0.508. The fourth-order valence-corrected chi connectivity index (χ4v) is 2.49. The quantitative estimate of drug-likeness (QED) is 0.926. The maximum atomic E-state index is 11.5. The van der Waals surface area contributed by atoms with Crippen molar-refractivity contribution in [1.82, 2.24) is 9.88 Å². The highest BCUT2D eigenvalue weighted by atomic mass is 79.9. The minimum Gasteiger partial charge on any atom is -0.354 e. The number of nitrogens with zero attached hydrogens (tertiary/aromatic N) is 1. The van der Waals surface area contributed by atoms with Crippen LogP contribution in [0.15, 0.2) is 34.9 Å². The minimum absolute atomic E-state index is 0.215. The van der Waals surface area contributed by atoms with Crippen LogP contribution in [0.25, 0.3) is 10.9 Å². The molecule has 2 aromatic rings. The third-order valence-corrected chi connectivity index (χ3v) is 3.83. The molecule has 0 atom stereocenters. The highest BCUT2D eigenvalue weighted by Crippen LogP contribution is 2.28. The van der Waals surface area contributed by atoms with Crippen LogP contribution >= 0.6 is 15.9 Å². The van der Waals surface area contributed by atoms with E-state index in [4.69, 9.17) is 0 Å². The van der Waals surface area contributed by atoms with Gasteiger partial charge < -0.3 is 9.88 Å². The molecule has 1 aromatic heterocycles. The van der Waals surface area contributed by atoms with Crippen LogP contribution in [-0.2, 0) is 11.3 Å². The number of fused-ring (bicyclic) bond motifs is 1. The highest BCUT2D eigenvalue weighted by molar-refractivity contribution is 9.10. The van der Waals surface area contributed by atoms with Crippen molar-refractivity contribution >= 4 is 32.7 Å². The highest BCUT2D eigenvalue weighted by Gasteiger charge is 2.28. The summed E-state index contributed by atoms with van der Waals surface area (Å²) in [5.41, 5.74) is 1.20. The molecular formula is C14H15BrN2O. The topological polar surface area (TPSA) is 34.0 Å². The van der Waals surface area contributed by atoms with E-state index in [0.717, 1.165) is 23.9 Å². The van der Waals surface area contributed by atoms with E-state index < -0.39 is 0 Å². The Labute approximate surface area is 114 Å². The van der Waals surface area contributed by atoms with Gasteiger partial charge in [0.1, 0.15) is 0 Å². The maximum absolute atomic E-state index is 11.5. The molecule has 0 saturated heterocycles. The average Bonchev–Trinajstić information content (AvgIpc) is 3.13. The zero-order valence-corrected chi connectivity index (χ0v) is 11.6. The number of aromatic nitrogens is 1. The molecule has 0 bridgehead atoms. The summed E-state index contributed by atoms with van der Waals surface area (Å²) in [5, 5.41) is 4.22. The van der Waals surface area contributed by atoms with Crippen LogP contribution < -0.4 is 5.32 Å². The van der Waals surface area contributed by atoms with Crippen LogP contribution in [0.1, 0.15) is 12.8 Å². The van der Waals surface area contributed by atoms with Gasteiger partial charge >= 0.3 is 0 Å². The molecule has 1 saturated carbocycles. The zero-order valence-electron chi connectivity index (χ0n) is 10.0. The molecule has 0 unspecified atom stereocenters. The zero-order chi connectivity index (χ0) is 12.5. The van der Waals surface area contributed by atoms with Crippen molar-refractivity contribution in [2.24, 2.45) is 5.92 Å². The van der Waals surface area contributed by atoms with Crippen molar-refractivity contribution in [2.45, 2.75) is 19.4 Å². The van der Waals surface area contributed by atoms with Crippen LogP contribution in [0.3, 0.4) is 0 Å². The van der Waals surface area contributed by atoms with Gasteiger partial charge in [-0.05, 0) is 36.4 Å². The second-order valence-electron chi connectivity index (χ2n) is 4.78. The van der Waals surface area contributed by atoms with Gasteiger partial charge in [-0.15, -0.1) is 0 Å². The molecule has 0 aliphatic heterocycles. The molecule has 1 aliphatic rings. The normalized spacial score (nSPS) is 14.9. The molecule has 4 heteroatoms. The number of halogens is 1. The Balaban J connectivity index is 1.66. The summed E-state index contributed by atoms with van der Waals surface area (Å²) in [4.78, 5) is 11.5. The maximum Gasteiger partial charge on any atom is 0.223 e. The number of hydrogen-bond acceptors (Lipinski definition) is 1. The van der Waals surface area contributed by atoms with Crippen LogP contribution in [0.5, 0.6) is 0 Å². The van der Waals surface area contributed by atoms with Gasteiger partial charge in [0.05, 0.1) is 0 Å². The van der Waals surface area contributed by atoms with Gasteiger partial charge in [-0.1, -0.05) is 22.0 Å². The number of carbonyl (C=O) groups is 1. The monoisotopic (exact) mass is 306 g/mol. The van der Waals surface area contributed by atoms with Crippen LogP contribution in [0.4, 0.5) is 0 Å². The molecule has 3 nitrogen and oxygen atoms in total. The van der Waals surface area contributed by atoms with Gasteiger partial charge in [0, 0.05) is 35.2 Å². The molecule has 1 N–H and O–H groups in total. The van der Waals surface area contributed by atoms with Crippen LogP contribution in [-0.4, -0.2) is 17.0 Å². The van der Waals surface area contributed by atoms with Crippen molar-refractivity contribution in [3.63, 3.8) is 0 Å². The van der Waals surface area contributed by atoms with Crippen molar-refractivity contribution in [3.8, 4) is 0 Å². The van der Waals surface area contributed by atoms with E-state index in [1.165, 1.54) is 10.9 Å². The van der Waals surface area contributed by atoms with E-state index in [9.17, 15) is 4.79 Å². The molecule has 3 rings (SSSR count). The Morgan fingerprint density at radius 3 is 3.00 bits per heavy atom. The first-order valence-electron chi connectivity index (χ1n) is 6.26. The van der Waals surface area contributed by atoms with E-state index >= 15 is 0 Å². The van der Waals surface area contributed by atoms with E-state index in [2.05, 4.69) is 50.2 Å². The summed E-state index contributed by atoms with van der Waals surface area (Å²) in [6, 6.07) is 8.35. The minimum atomic E-state index is 0.215. The molecule has 1 aromatic carbocycles. The molecule has 1 fully saturated rings. The molecule has 94 valence electrons. The van der Waals surface area contributed by atoms with Crippen molar-refractivity contribution < 1.29 is 4.79 Å². The molecule has 1 amide bonds. The Morgan fingerprint density at radius 1 is 1.39 bits per heavy atom. The van der Waals surface area contributed by atoms with Gasteiger partial charge in [-0.2, -0.15) is 0 Å². The molecule has 18 heavy (non-hydrogen) atoms. The Bertz CT molecular complexity index is 586. The van der Waals surface area contributed by atoms with E-state index in [1.807, 2.05) is 6.07 Å². The fraction of sp³-hybridized carbons (Fsp3) is 0.357. The average molecular weight is 307 g/mol. The predicted molar refractivity (Wildman–Crippen MR) is 75.4 cm³/mol. The Hall–Kier alpha value is -1.29. The summed E-state index contributed by atoms with van der Waals surface area (Å²) < 4.78 is 3.25. The molecule has 0 radical (unpaired) electrons. The largest absolute Gasteiger partial charge is 0.354 e. The Morgan fingerprint density at radius 2 is 2.22 bits per heavy atom. The van der Waals surface area contributed by atoms with Crippen molar-refractivity contribution in [2.75, 3.05) is 6.54 Å². The summed E-state index contributed by atoms with van der Waals surface area (Å²) in [7, 11) is 0. The standard InChI is InChI=1S/C14H15BrN2O/c15-12-4-3-10-5-7-17(13(10)9-12)8-6-16-14(18)11-1-2-11/h3-5,7,9,11H,1-2,6,8H2,(H,16,18). The number of benzene rings is 1. The first kappa shape index (κ1) is 11.8. The summed E-state index contributed by atoms with van der Waals surface area (Å²) in [6.07, 6.45) is 4.19. The lowest BCUT2D eigenvalue weighted by Gasteiger charge is -2.07.